The Morgan fingerprint density at radius 2 is 1.94 bits per heavy atom. The number of amides is 1. The van der Waals surface area contributed by atoms with Crippen LogP contribution in [0.25, 0.3) is 0 Å². The summed E-state index contributed by atoms with van der Waals surface area (Å²) in [7, 11) is 0. The van der Waals surface area contributed by atoms with Gasteiger partial charge in [-0.3, -0.25) is 9.59 Å². The van der Waals surface area contributed by atoms with E-state index in [-0.39, 0.29) is 25.0 Å². The molecule has 0 aliphatic rings. The number of carbonyl (C=O) groups excluding carboxylic acids is 1. The Morgan fingerprint density at radius 1 is 1.28 bits per heavy atom. The maximum Gasteiger partial charge on any atom is 0.323 e. The maximum atomic E-state index is 11.8. The number of hydrogen-bond acceptors (Lipinski definition) is 3. The lowest BCUT2D eigenvalue weighted by Gasteiger charge is -2.22. The van der Waals surface area contributed by atoms with Gasteiger partial charge < -0.3 is 14.7 Å². The van der Waals surface area contributed by atoms with Crippen LogP contribution in [0.5, 0.6) is 0 Å². The van der Waals surface area contributed by atoms with E-state index in [0.29, 0.717) is 13.2 Å². The first kappa shape index (κ1) is 16.9. The van der Waals surface area contributed by atoms with Crippen LogP contribution in [0.1, 0.15) is 40.0 Å². The molecular formula is C13H25NO4. The van der Waals surface area contributed by atoms with Gasteiger partial charge in [-0.15, -0.1) is 0 Å². The smallest absolute Gasteiger partial charge is 0.323 e. The molecule has 0 aliphatic heterocycles. The van der Waals surface area contributed by atoms with Crippen molar-refractivity contribution in [3.05, 3.63) is 0 Å². The van der Waals surface area contributed by atoms with Gasteiger partial charge in [0.25, 0.3) is 0 Å². The van der Waals surface area contributed by atoms with Gasteiger partial charge >= 0.3 is 5.97 Å². The van der Waals surface area contributed by atoms with Crippen molar-refractivity contribution in [2.24, 2.45) is 5.92 Å². The zero-order chi connectivity index (χ0) is 14.0. The molecule has 18 heavy (non-hydrogen) atoms. The van der Waals surface area contributed by atoms with Gasteiger partial charge in [-0.25, -0.2) is 0 Å². The highest BCUT2D eigenvalue weighted by atomic mass is 16.5. The van der Waals surface area contributed by atoms with Gasteiger partial charge in [-0.05, 0) is 12.3 Å². The van der Waals surface area contributed by atoms with Crippen LogP contribution >= 0.6 is 0 Å². The standard InChI is InChI=1S/C13H25NO4/c1-4-5-6-7-18-10-12(15)14(8-11(2)3)9-13(16)17/h11H,4-10H2,1-3H3,(H,16,17). The van der Waals surface area contributed by atoms with E-state index in [1.54, 1.807) is 0 Å². The Hall–Kier alpha value is -1.10. The van der Waals surface area contributed by atoms with Gasteiger partial charge in [0, 0.05) is 13.2 Å². The van der Waals surface area contributed by atoms with Crippen molar-refractivity contribution in [2.75, 3.05) is 26.3 Å². The van der Waals surface area contributed by atoms with Gasteiger partial charge in [0.2, 0.25) is 5.91 Å². The zero-order valence-corrected chi connectivity index (χ0v) is 11.6. The Kier molecular flexibility index (Phi) is 9.28. The molecule has 0 spiro atoms. The molecule has 0 aromatic carbocycles. The van der Waals surface area contributed by atoms with Crippen molar-refractivity contribution in [3.8, 4) is 0 Å². The summed E-state index contributed by atoms with van der Waals surface area (Å²) in [5, 5.41) is 8.75. The Labute approximate surface area is 109 Å². The highest BCUT2D eigenvalue weighted by molar-refractivity contribution is 5.82. The molecule has 0 atom stereocenters. The first-order valence-electron chi connectivity index (χ1n) is 6.54. The van der Waals surface area contributed by atoms with Crippen LogP contribution in [0.15, 0.2) is 0 Å². The van der Waals surface area contributed by atoms with E-state index >= 15 is 0 Å². The molecule has 0 aromatic heterocycles. The van der Waals surface area contributed by atoms with E-state index in [0.717, 1.165) is 19.3 Å². The number of unbranched alkanes of at least 4 members (excludes halogenated alkanes) is 2. The van der Waals surface area contributed by atoms with Gasteiger partial charge in [-0.2, -0.15) is 0 Å². The fourth-order valence-corrected chi connectivity index (χ4v) is 1.56. The second kappa shape index (κ2) is 9.88. The molecule has 0 aliphatic carbocycles. The average Bonchev–Trinajstić information content (AvgIpc) is 2.26. The van der Waals surface area contributed by atoms with Gasteiger partial charge in [0.05, 0.1) is 0 Å². The molecule has 1 N–H and O–H groups in total. The van der Waals surface area contributed by atoms with Gasteiger partial charge in [0.1, 0.15) is 13.2 Å². The first-order chi connectivity index (χ1) is 8.47. The Bertz CT molecular complexity index is 253. The normalized spacial score (nSPS) is 10.7. The minimum Gasteiger partial charge on any atom is -0.480 e. The fourth-order valence-electron chi connectivity index (χ4n) is 1.56. The number of rotatable bonds is 10. The number of nitrogens with zero attached hydrogens (tertiary/aromatic N) is 1. The third kappa shape index (κ3) is 8.98. The molecule has 0 fully saturated rings. The summed E-state index contributed by atoms with van der Waals surface area (Å²) in [5.41, 5.74) is 0. The number of carbonyl (C=O) groups is 2. The molecule has 0 saturated carbocycles. The maximum absolute atomic E-state index is 11.8. The number of carboxylic acids is 1. The van der Waals surface area contributed by atoms with Crippen LogP contribution < -0.4 is 0 Å². The lowest BCUT2D eigenvalue weighted by Crippen LogP contribution is -2.40. The molecule has 5 nitrogen and oxygen atoms in total. The number of aliphatic carboxylic acids is 1. The van der Waals surface area contributed by atoms with Crippen LogP contribution in [0, 0.1) is 5.92 Å². The molecule has 0 aromatic rings. The molecule has 0 bridgehead atoms. The molecule has 0 rings (SSSR count). The van der Waals surface area contributed by atoms with E-state index in [1.807, 2.05) is 13.8 Å². The molecule has 0 saturated heterocycles. The van der Waals surface area contributed by atoms with E-state index in [1.165, 1.54) is 4.90 Å². The van der Waals surface area contributed by atoms with Crippen LogP contribution in [0.4, 0.5) is 0 Å². The summed E-state index contributed by atoms with van der Waals surface area (Å²) in [6, 6.07) is 0. The van der Waals surface area contributed by atoms with E-state index in [4.69, 9.17) is 9.84 Å². The predicted molar refractivity (Wildman–Crippen MR) is 69.4 cm³/mol. The topological polar surface area (TPSA) is 66.8 Å². The van der Waals surface area contributed by atoms with E-state index < -0.39 is 5.97 Å². The van der Waals surface area contributed by atoms with E-state index in [2.05, 4.69) is 6.92 Å². The lowest BCUT2D eigenvalue weighted by atomic mass is 10.2. The number of ether oxygens (including phenoxy) is 1. The summed E-state index contributed by atoms with van der Waals surface area (Å²) in [4.78, 5) is 23.8. The van der Waals surface area contributed by atoms with Gasteiger partial charge in [-0.1, -0.05) is 33.6 Å². The van der Waals surface area contributed by atoms with Crippen molar-refractivity contribution in [2.45, 2.75) is 40.0 Å². The van der Waals surface area contributed by atoms with E-state index in [9.17, 15) is 9.59 Å². The van der Waals surface area contributed by atoms with Crippen molar-refractivity contribution in [3.63, 3.8) is 0 Å². The minimum atomic E-state index is -0.991. The van der Waals surface area contributed by atoms with Crippen molar-refractivity contribution < 1.29 is 19.4 Å². The highest BCUT2D eigenvalue weighted by Gasteiger charge is 2.17. The summed E-state index contributed by atoms with van der Waals surface area (Å²) in [5.74, 6) is -0.994. The first-order valence-corrected chi connectivity index (χ1v) is 6.54. The molecule has 0 radical (unpaired) electrons. The minimum absolute atomic E-state index is 0.0241. The third-order valence-corrected chi connectivity index (χ3v) is 2.38. The second-order valence-corrected chi connectivity index (χ2v) is 4.82. The van der Waals surface area contributed by atoms with Crippen LogP contribution in [0.2, 0.25) is 0 Å². The molecule has 1 amide bonds. The van der Waals surface area contributed by atoms with Crippen LogP contribution in [-0.2, 0) is 14.3 Å². The summed E-state index contributed by atoms with van der Waals surface area (Å²) < 4.78 is 5.26. The Balaban J connectivity index is 4.00. The summed E-state index contributed by atoms with van der Waals surface area (Å²) in [6.07, 6.45) is 3.13. The third-order valence-electron chi connectivity index (χ3n) is 2.38. The van der Waals surface area contributed by atoms with Crippen LogP contribution in [-0.4, -0.2) is 48.2 Å². The number of hydrogen-bond donors (Lipinski definition) is 1. The second-order valence-electron chi connectivity index (χ2n) is 4.82. The molecule has 5 heteroatoms. The summed E-state index contributed by atoms with van der Waals surface area (Å²) >= 11 is 0. The lowest BCUT2D eigenvalue weighted by molar-refractivity contribution is -0.147. The quantitative estimate of drug-likeness (QED) is 0.607. The van der Waals surface area contributed by atoms with Crippen LogP contribution in [0.3, 0.4) is 0 Å². The monoisotopic (exact) mass is 259 g/mol. The molecular weight excluding hydrogens is 234 g/mol. The largest absolute Gasteiger partial charge is 0.480 e. The van der Waals surface area contributed by atoms with Crippen molar-refractivity contribution in [1.82, 2.24) is 4.90 Å². The highest BCUT2D eigenvalue weighted by Crippen LogP contribution is 2.01. The fraction of sp³-hybridized carbons (Fsp3) is 0.846. The Morgan fingerprint density at radius 3 is 2.44 bits per heavy atom. The molecule has 106 valence electrons. The van der Waals surface area contributed by atoms with Crippen molar-refractivity contribution in [1.29, 1.82) is 0 Å². The summed E-state index contributed by atoms with van der Waals surface area (Å²) in [6.45, 7) is 6.72. The predicted octanol–water partition coefficient (Wildman–Crippen LogP) is 1.76. The van der Waals surface area contributed by atoms with Gasteiger partial charge in [0.15, 0.2) is 0 Å². The molecule has 0 heterocycles. The molecule has 0 unspecified atom stereocenters. The SMILES string of the molecule is CCCCCOCC(=O)N(CC(=O)O)CC(C)C. The number of carboxylic acid groups (broad SMARTS) is 1. The zero-order valence-electron chi connectivity index (χ0n) is 11.6. The average molecular weight is 259 g/mol. The van der Waals surface area contributed by atoms with Crippen molar-refractivity contribution >= 4 is 11.9 Å².